The van der Waals surface area contributed by atoms with Crippen molar-refractivity contribution in [3.63, 3.8) is 0 Å². The summed E-state index contributed by atoms with van der Waals surface area (Å²) in [7, 11) is -1.89. The molecule has 19 heavy (non-hydrogen) atoms. The molecule has 1 saturated carbocycles. The monoisotopic (exact) mass is 305 g/mol. The van der Waals surface area contributed by atoms with Gasteiger partial charge in [-0.3, -0.25) is 0 Å². The molecule has 4 nitrogen and oxygen atoms in total. The molecule has 0 saturated heterocycles. The quantitative estimate of drug-likeness (QED) is 0.786. The van der Waals surface area contributed by atoms with Crippen molar-refractivity contribution in [1.29, 1.82) is 0 Å². The number of aryl methyl sites for hydroxylation is 2. The minimum Gasteiger partial charge on any atom is -0.465 e. The van der Waals surface area contributed by atoms with Crippen LogP contribution in [0.25, 0.3) is 0 Å². The number of sulfonamides is 1. The van der Waals surface area contributed by atoms with Crippen LogP contribution in [-0.2, 0) is 15.9 Å². The summed E-state index contributed by atoms with van der Waals surface area (Å²) in [6.45, 7) is 6.12. The average Bonchev–Trinajstić information content (AvgIpc) is 2.90. The van der Waals surface area contributed by atoms with Crippen molar-refractivity contribution in [3.8, 4) is 0 Å². The van der Waals surface area contributed by atoms with Gasteiger partial charge in [-0.15, -0.1) is 11.6 Å². The third-order valence-corrected chi connectivity index (χ3v) is 6.18. The normalized spacial score (nSPS) is 23.1. The lowest BCUT2D eigenvalue weighted by molar-refractivity contribution is 0.440. The van der Waals surface area contributed by atoms with Crippen LogP contribution in [0, 0.1) is 25.7 Å². The van der Waals surface area contributed by atoms with E-state index in [1.165, 1.54) is 4.31 Å². The highest BCUT2D eigenvalue weighted by molar-refractivity contribution is 7.89. The highest BCUT2D eigenvalue weighted by Gasteiger charge is 2.38. The van der Waals surface area contributed by atoms with Crippen molar-refractivity contribution >= 4 is 21.6 Å². The molecule has 0 aliphatic heterocycles. The van der Waals surface area contributed by atoms with E-state index >= 15 is 0 Å². The molecular formula is C13H20ClNO3S. The Morgan fingerprint density at radius 1 is 1.37 bits per heavy atom. The second kappa shape index (κ2) is 5.11. The molecular weight excluding hydrogens is 286 g/mol. The lowest BCUT2D eigenvalue weighted by Crippen LogP contribution is -2.30. The summed E-state index contributed by atoms with van der Waals surface area (Å²) in [5.41, 5.74) is 0.579. The molecule has 1 heterocycles. The predicted molar refractivity (Wildman–Crippen MR) is 74.8 cm³/mol. The van der Waals surface area contributed by atoms with Crippen molar-refractivity contribution in [2.45, 2.75) is 38.0 Å². The fourth-order valence-corrected chi connectivity index (χ4v) is 4.47. The minimum absolute atomic E-state index is 0.144. The molecule has 0 radical (unpaired) electrons. The van der Waals surface area contributed by atoms with Gasteiger partial charge in [0.25, 0.3) is 0 Å². The van der Waals surface area contributed by atoms with Gasteiger partial charge in [0, 0.05) is 19.2 Å². The van der Waals surface area contributed by atoms with Crippen LogP contribution in [0.1, 0.15) is 30.4 Å². The summed E-state index contributed by atoms with van der Waals surface area (Å²) >= 11 is 5.86. The van der Waals surface area contributed by atoms with Gasteiger partial charge in [0.2, 0.25) is 10.0 Å². The van der Waals surface area contributed by atoms with Gasteiger partial charge in [-0.05, 0) is 32.1 Å². The molecule has 2 atom stereocenters. The summed E-state index contributed by atoms with van der Waals surface area (Å²) in [6.07, 6.45) is 1.10. The molecule has 2 unspecified atom stereocenters. The van der Waals surface area contributed by atoms with Crippen LogP contribution in [0.3, 0.4) is 0 Å². The van der Waals surface area contributed by atoms with Gasteiger partial charge < -0.3 is 4.42 Å². The fraction of sp³-hybridized carbons (Fsp3) is 0.692. The molecule has 1 aliphatic carbocycles. The fourth-order valence-electron chi connectivity index (χ4n) is 2.44. The number of hydrogen-bond acceptors (Lipinski definition) is 3. The van der Waals surface area contributed by atoms with Crippen molar-refractivity contribution < 1.29 is 12.8 Å². The first-order valence-corrected chi connectivity index (χ1v) is 8.37. The molecule has 6 heteroatoms. The van der Waals surface area contributed by atoms with E-state index in [0.29, 0.717) is 35.5 Å². The Morgan fingerprint density at radius 2 is 1.95 bits per heavy atom. The van der Waals surface area contributed by atoms with Crippen LogP contribution in [0.15, 0.2) is 9.31 Å². The van der Waals surface area contributed by atoms with Crippen LogP contribution >= 0.6 is 11.6 Å². The van der Waals surface area contributed by atoms with E-state index in [1.54, 1.807) is 20.9 Å². The number of hydrogen-bond donors (Lipinski definition) is 0. The van der Waals surface area contributed by atoms with Crippen LogP contribution in [0.2, 0.25) is 0 Å². The van der Waals surface area contributed by atoms with Crippen LogP contribution in [-0.4, -0.2) is 26.3 Å². The van der Waals surface area contributed by atoms with Gasteiger partial charge in [-0.2, -0.15) is 0 Å². The molecule has 0 aromatic carbocycles. The Hall–Kier alpha value is -0.520. The predicted octanol–water partition coefficient (Wildman–Crippen LogP) is 2.91. The van der Waals surface area contributed by atoms with Crippen molar-refractivity contribution in [3.05, 3.63) is 17.1 Å². The summed E-state index contributed by atoms with van der Waals surface area (Å²) in [5.74, 6) is 2.25. The van der Waals surface area contributed by atoms with Gasteiger partial charge in [-0.25, -0.2) is 12.7 Å². The molecule has 0 amide bonds. The molecule has 0 N–H and O–H groups in total. The largest absolute Gasteiger partial charge is 0.465 e. The van der Waals surface area contributed by atoms with Crippen LogP contribution in [0.5, 0.6) is 0 Å². The smallest absolute Gasteiger partial charge is 0.246 e. The summed E-state index contributed by atoms with van der Waals surface area (Å²) in [4.78, 5) is 0.246. The molecule has 0 spiro atoms. The molecule has 0 bridgehead atoms. The van der Waals surface area contributed by atoms with Crippen molar-refractivity contribution in [2.75, 3.05) is 13.6 Å². The highest BCUT2D eigenvalue weighted by atomic mass is 35.5. The van der Waals surface area contributed by atoms with E-state index in [0.717, 1.165) is 6.42 Å². The number of furan rings is 1. The first-order valence-electron chi connectivity index (χ1n) is 6.40. The first kappa shape index (κ1) is 14.9. The Kier molecular flexibility index (Phi) is 4.00. The molecule has 1 fully saturated rings. The van der Waals surface area contributed by atoms with E-state index in [9.17, 15) is 8.42 Å². The first-order chi connectivity index (χ1) is 8.78. The minimum atomic E-state index is -3.51. The highest BCUT2D eigenvalue weighted by Crippen LogP contribution is 2.39. The van der Waals surface area contributed by atoms with E-state index in [2.05, 4.69) is 6.92 Å². The third kappa shape index (κ3) is 2.69. The maximum atomic E-state index is 12.6. The number of rotatable bonds is 5. The SMILES string of the molecule is Cc1oc(C)c(S(=O)(=O)N(C)CC2CC2C)c1CCl. The Labute approximate surface area is 119 Å². The molecule has 1 aliphatic rings. The van der Waals surface area contributed by atoms with E-state index in [1.807, 2.05) is 0 Å². The zero-order valence-corrected chi connectivity index (χ0v) is 13.3. The number of nitrogens with zero attached hydrogens (tertiary/aromatic N) is 1. The lowest BCUT2D eigenvalue weighted by atomic mass is 10.3. The van der Waals surface area contributed by atoms with E-state index < -0.39 is 10.0 Å². The number of halogens is 1. The topological polar surface area (TPSA) is 50.5 Å². The Balaban J connectivity index is 2.33. The third-order valence-electron chi connectivity index (χ3n) is 3.89. The van der Waals surface area contributed by atoms with Gasteiger partial charge in [0.15, 0.2) is 0 Å². The zero-order valence-electron chi connectivity index (χ0n) is 11.7. The van der Waals surface area contributed by atoms with Crippen LogP contribution < -0.4 is 0 Å². The van der Waals surface area contributed by atoms with Crippen molar-refractivity contribution in [1.82, 2.24) is 4.31 Å². The second-order valence-electron chi connectivity index (χ2n) is 5.41. The van der Waals surface area contributed by atoms with E-state index in [4.69, 9.17) is 16.0 Å². The maximum Gasteiger partial charge on any atom is 0.246 e. The van der Waals surface area contributed by atoms with Gasteiger partial charge in [-0.1, -0.05) is 6.92 Å². The summed E-state index contributed by atoms with van der Waals surface area (Å²) < 4.78 is 32.1. The van der Waals surface area contributed by atoms with Gasteiger partial charge >= 0.3 is 0 Å². The maximum absolute atomic E-state index is 12.6. The van der Waals surface area contributed by atoms with Crippen molar-refractivity contribution in [2.24, 2.45) is 11.8 Å². The van der Waals surface area contributed by atoms with E-state index in [-0.39, 0.29) is 10.8 Å². The van der Waals surface area contributed by atoms with Crippen LogP contribution in [0.4, 0.5) is 0 Å². The standard InChI is InChI=1S/C13H20ClNO3S/c1-8-5-11(8)7-15(4)19(16,17)13-10(3)18-9(2)12(13)6-14/h8,11H,5-7H2,1-4H3. The average molecular weight is 306 g/mol. The number of alkyl halides is 1. The lowest BCUT2D eigenvalue weighted by Gasteiger charge is -2.17. The summed E-state index contributed by atoms with van der Waals surface area (Å²) in [6, 6.07) is 0. The molecule has 108 valence electrons. The second-order valence-corrected chi connectivity index (χ2v) is 7.66. The van der Waals surface area contributed by atoms with Gasteiger partial charge in [0.1, 0.15) is 16.4 Å². The van der Waals surface area contributed by atoms with Gasteiger partial charge in [0.05, 0.1) is 5.88 Å². The Bertz CT molecular complexity index is 579. The molecule has 1 aromatic rings. The molecule has 2 rings (SSSR count). The summed E-state index contributed by atoms with van der Waals surface area (Å²) in [5, 5.41) is 0. The zero-order chi connectivity index (χ0) is 14.4. The molecule has 1 aromatic heterocycles. The Morgan fingerprint density at radius 3 is 2.42 bits per heavy atom.